The summed E-state index contributed by atoms with van der Waals surface area (Å²) in [4.78, 5) is 2.17. The Morgan fingerprint density at radius 3 is 2.48 bits per heavy atom. The van der Waals surface area contributed by atoms with E-state index in [4.69, 9.17) is 9.47 Å². The molecule has 1 aromatic carbocycles. The number of hydrogen-bond acceptors (Lipinski definition) is 5. The third-order valence-electron chi connectivity index (χ3n) is 4.30. The topological polar surface area (TPSA) is 59.1 Å². The molecule has 0 spiro atoms. The van der Waals surface area contributed by atoms with Crippen LogP contribution in [0.25, 0.3) is 0 Å². The minimum absolute atomic E-state index is 0.00800. The minimum Gasteiger partial charge on any atom is -0.382 e. The third kappa shape index (κ3) is 6.63. The molecule has 6 nitrogen and oxygen atoms in total. The molecule has 0 unspecified atom stereocenters. The first-order valence-corrected chi connectivity index (χ1v) is 10.1. The zero-order valence-electron chi connectivity index (χ0n) is 14.7. The van der Waals surface area contributed by atoms with Gasteiger partial charge in [0.2, 0.25) is 10.0 Å². The normalized spacial score (nSPS) is 17.0. The Morgan fingerprint density at radius 2 is 1.80 bits per heavy atom. The third-order valence-corrected chi connectivity index (χ3v) is 6.13. The van der Waals surface area contributed by atoms with Crippen molar-refractivity contribution in [2.75, 3.05) is 65.4 Å². The van der Waals surface area contributed by atoms with Crippen LogP contribution in [0.3, 0.4) is 0 Å². The lowest BCUT2D eigenvalue weighted by atomic mass is 10.1. The molecular weight excluding hydrogens is 347 g/mol. The number of sulfonamides is 1. The van der Waals surface area contributed by atoms with Gasteiger partial charge in [0, 0.05) is 39.8 Å². The second-order valence-corrected chi connectivity index (χ2v) is 8.09. The van der Waals surface area contributed by atoms with Crippen molar-refractivity contribution in [3.05, 3.63) is 35.6 Å². The molecule has 8 heteroatoms. The Labute approximate surface area is 149 Å². The van der Waals surface area contributed by atoms with Gasteiger partial charge in [-0.3, -0.25) is 0 Å². The fourth-order valence-corrected chi connectivity index (χ4v) is 4.05. The maximum absolute atomic E-state index is 13.6. The van der Waals surface area contributed by atoms with E-state index in [9.17, 15) is 12.8 Å². The lowest BCUT2D eigenvalue weighted by molar-refractivity contribution is 0.0779. The summed E-state index contributed by atoms with van der Waals surface area (Å²) >= 11 is 0. The molecule has 1 fully saturated rings. The van der Waals surface area contributed by atoms with Crippen molar-refractivity contribution in [3.8, 4) is 0 Å². The molecule has 0 saturated carbocycles. The highest BCUT2D eigenvalue weighted by molar-refractivity contribution is 7.89. The highest BCUT2D eigenvalue weighted by atomic mass is 32.2. The van der Waals surface area contributed by atoms with E-state index in [1.165, 1.54) is 10.4 Å². The molecule has 0 N–H and O–H groups in total. The van der Waals surface area contributed by atoms with Gasteiger partial charge < -0.3 is 14.4 Å². The molecule has 0 aromatic heterocycles. The largest absolute Gasteiger partial charge is 0.382 e. The molecule has 1 aliphatic rings. The van der Waals surface area contributed by atoms with Crippen molar-refractivity contribution in [3.63, 3.8) is 0 Å². The van der Waals surface area contributed by atoms with Crippen molar-refractivity contribution in [2.24, 2.45) is 0 Å². The molecule has 2 rings (SSSR count). The Bertz CT molecular complexity index is 619. The van der Waals surface area contributed by atoms with E-state index >= 15 is 0 Å². The number of ether oxygens (including phenoxy) is 2. The van der Waals surface area contributed by atoms with Gasteiger partial charge in [0.25, 0.3) is 0 Å². The van der Waals surface area contributed by atoms with Crippen LogP contribution in [0.4, 0.5) is 4.39 Å². The van der Waals surface area contributed by atoms with Gasteiger partial charge in [-0.05, 0) is 18.1 Å². The van der Waals surface area contributed by atoms with Crippen LogP contribution < -0.4 is 0 Å². The van der Waals surface area contributed by atoms with Crippen molar-refractivity contribution >= 4 is 10.0 Å². The van der Waals surface area contributed by atoms with Gasteiger partial charge in [-0.2, -0.15) is 4.31 Å². The molecule has 0 amide bonds. The molecule has 0 aliphatic carbocycles. The van der Waals surface area contributed by atoms with Crippen molar-refractivity contribution in [1.29, 1.82) is 0 Å². The first kappa shape index (κ1) is 20.3. The second-order valence-electron chi connectivity index (χ2n) is 6.00. The number of methoxy groups -OCH3 is 1. The molecule has 0 radical (unpaired) electrons. The molecule has 1 aliphatic heterocycles. The predicted molar refractivity (Wildman–Crippen MR) is 94.6 cm³/mol. The number of benzene rings is 1. The quantitative estimate of drug-likeness (QED) is 0.572. The highest BCUT2D eigenvalue weighted by Crippen LogP contribution is 2.11. The first-order chi connectivity index (χ1) is 12.0. The average Bonchev–Trinajstić information content (AvgIpc) is 2.61. The van der Waals surface area contributed by atoms with Crippen LogP contribution >= 0.6 is 0 Å². The van der Waals surface area contributed by atoms with Crippen molar-refractivity contribution in [2.45, 2.75) is 6.42 Å². The van der Waals surface area contributed by atoms with E-state index in [1.54, 1.807) is 19.2 Å². The summed E-state index contributed by atoms with van der Waals surface area (Å²) in [5, 5.41) is 0. The van der Waals surface area contributed by atoms with E-state index < -0.39 is 10.0 Å². The maximum Gasteiger partial charge on any atom is 0.216 e. The number of rotatable bonds is 10. The Kier molecular flexibility index (Phi) is 8.25. The summed E-state index contributed by atoms with van der Waals surface area (Å²) in [5.74, 6) is -0.191. The minimum atomic E-state index is -3.29. The van der Waals surface area contributed by atoms with Gasteiger partial charge in [0.1, 0.15) is 5.82 Å². The second kappa shape index (κ2) is 10.2. The van der Waals surface area contributed by atoms with Crippen LogP contribution in [0.2, 0.25) is 0 Å². The molecule has 1 aromatic rings. The van der Waals surface area contributed by atoms with Crippen LogP contribution in [0.1, 0.15) is 5.56 Å². The molecule has 1 heterocycles. The van der Waals surface area contributed by atoms with Gasteiger partial charge in [-0.15, -0.1) is 0 Å². The lowest BCUT2D eigenvalue weighted by Crippen LogP contribution is -2.49. The van der Waals surface area contributed by atoms with E-state index in [1.807, 2.05) is 6.07 Å². The molecule has 0 atom stereocenters. The van der Waals surface area contributed by atoms with Gasteiger partial charge in [0.15, 0.2) is 0 Å². The SMILES string of the molecule is COCCOCCS(=O)(=O)N1CCN(CCc2ccccc2F)CC1. The monoisotopic (exact) mass is 374 g/mol. The zero-order valence-corrected chi connectivity index (χ0v) is 15.5. The molecular formula is C17H27FN2O4S. The van der Waals surface area contributed by atoms with Crippen LogP contribution in [-0.4, -0.2) is 83.0 Å². The zero-order chi connectivity index (χ0) is 18.1. The lowest BCUT2D eigenvalue weighted by Gasteiger charge is -2.34. The number of piperazine rings is 1. The Morgan fingerprint density at radius 1 is 1.08 bits per heavy atom. The van der Waals surface area contributed by atoms with Crippen LogP contribution in [0.15, 0.2) is 24.3 Å². The summed E-state index contributed by atoms with van der Waals surface area (Å²) in [7, 11) is -1.71. The summed E-state index contributed by atoms with van der Waals surface area (Å²) in [6, 6.07) is 6.77. The fourth-order valence-electron chi connectivity index (χ4n) is 2.75. The van der Waals surface area contributed by atoms with Gasteiger partial charge in [0.05, 0.1) is 25.6 Å². The first-order valence-electron chi connectivity index (χ1n) is 8.53. The maximum atomic E-state index is 13.6. The van der Waals surface area contributed by atoms with Gasteiger partial charge in [-0.1, -0.05) is 18.2 Å². The summed E-state index contributed by atoms with van der Waals surface area (Å²) in [5.41, 5.74) is 0.700. The van der Waals surface area contributed by atoms with Crippen molar-refractivity contribution in [1.82, 2.24) is 9.21 Å². The smallest absolute Gasteiger partial charge is 0.216 e. The highest BCUT2D eigenvalue weighted by Gasteiger charge is 2.26. The molecule has 25 heavy (non-hydrogen) atoms. The summed E-state index contributed by atoms with van der Waals surface area (Å²) < 4.78 is 49.8. The molecule has 142 valence electrons. The van der Waals surface area contributed by atoms with Crippen LogP contribution in [0.5, 0.6) is 0 Å². The number of hydrogen-bond donors (Lipinski definition) is 0. The van der Waals surface area contributed by atoms with Crippen LogP contribution in [0, 0.1) is 5.82 Å². The van der Waals surface area contributed by atoms with Crippen molar-refractivity contribution < 1.29 is 22.3 Å². The van der Waals surface area contributed by atoms with E-state index in [0.29, 0.717) is 51.4 Å². The summed E-state index contributed by atoms with van der Waals surface area (Å²) in [6.07, 6.45) is 0.632. The van der Waals surface area contributed by atoms with E-state index in [2.05, 4.69) is 4.90 Å². The van der Waals surface area contributed by atoms with Gasteiger partial charge >= 0.3 is 0 Å². The fraction of sp³-hybridized carbons (Fsp3) is 0.647. The Hall–Kier alpha value is -1.06. The number of halogens is 1. The predicted octanol–water partition coefficient (Wildman–Crippen LogP) is 0.979. The number of nitrogens with zero attached hydrogens (tertiary/aromatic N) is 2. The van der Waals surface area contributed by atoms with Crippen LogP contribution in [-0.2, 0) is 25.9 Å². The molecule has 0 bridgehead atoms. The van der Waals surface area contributed by atoms with E-state index in [-0.39, 0.29) is 18.2 Å². The summed E-state index contributed by atoms with van der Waals surface area (Å²) in [6.45, 7) is 4.04. The average molecular weight is 374 g/mol. The van der Waals surface area contributed by atoms with E-state index in [0.717, 1.165) is 6.54 Å². The standard InChI is InChI=1S/C17H27FN2O4S/c1-23-12-13-24-14-15-25(21,22)20-10-8-19(9-11-20)7-6-16-4-2-3-5-17(16)18/h2-5H,6-15H2,1H3. The molecule has 1 saturated heterocycles. The van der Waals surface area contributed by atoms with Gasteiger partial charge in [-0.25, -0.2) is 12.8 Å². The Balaban J connectivity index is 1.70.